The Morgan fingerprint density at radius 2 is 2.14 bits per heavy atom. The van der Waals surface area contributed by atoms with E-state index >= 15 is 0 Å². The van der Waals surface area contributed by atoms with Gasteiger partial charge in [-0.05, 0) is 43.0 Å². The Hall–Kier alpha value is -1.99. The van der Waals surface area contributed by atoms with Crippen molar-refractivity contribution in [1.82, 2.24) is 4.98 Å². The van der Waals surface area contributed by atoms with Crippen LogP contribution in [-0.2, 0) is 0 Å². The van der Waals surface area contributed by atoms with Crippen LogP contribution in [0.3, 0.4) is 0 Å². The molecule has 0 spiro atoms. The van der Waals surface area contributed by atoms with E-state index in [-0.39, 0.29) is 0 Å². The molecule has 2 aromatic rings. The summed E-state index contributed by atoms with van der Waals surface area (Å²) >= 11 is 5.89. The lowest BCUT2D eigenvalue weighted by Crippen LogP contribution is -2.34. The summed E-state index contributed by atoms with van der Waals surface area (Å²) in [5, 5.41) is 9.96. The van der Waals surface area contributed by atoms with Crippen LogP contribution in [-0.4, -0.2) is 18.1 Å². The molecule has 4 nitrogen and oxygen atoms in total. The molecule has 1 aromatic heterocycles. The van der Waals surface area contributed by atoms with Gasteiger partial charge in [0.15, 0.2) is 0 Å². The van der Waals surface area contributed by atoms with Crippen LogP contribution in [0, 0.1) is 17.2 Å². The van der Waals surface area contributed by atoms with E-state index in [2.05, 4.69) is 22.9 Å². The zero-order chi connectivity index (χ0) is 14.8. The minimum Gasteiger partial charge on any atom is -0.419 e. The number of rotatable bonds is 2. The summed E-state index contributed by atoms with van der Waals surface area (Å²) in [7, 11) is 0. The molecule has 21 heavy (non-hydrogen) atoms. The van der Waals surface area contributed by atoms with Crippen molar-refractivity contribution in [2.75, 3.05) is 18.0 Å². The Balaban J connectivity index is 1.95. The molecule has 0 bridgehead atoms. The number of benzene rings is 1. The van der Waals surface area contributed by atoms with E-state index in [4.69, 9.17) is 16.0 Å². The number of nitrogens with zero attached hydrogens (tertiary/aromatic N) is 3. The van der Waals surface area contributed by atoms with Crippen LogP contribution in [0.2, 0.25) is 5.02 Å². The third kappa shape index (κ3) is 2.88. The van der Waals surface area contributed by atoms with Crippen LogP contribution >= 0.6 is 11.6 Å². The first-order chi connectivity index (χ1) is 10.2. The van der Waals surface area contributed by atoms with Gasteiger partial charge < -0.3 is 9.32 Å². The number of oxazole rings is 1. The van der Waals surface area contributed by atoms with Crippen molar-refractivity contribution in [3.8, 4) is 17.5 Å². The standard InChI is InChI=1S/C16H16ClN3O/c1-11-3-2-8-20(10-11)16-14(9-18)19-15(21-16)12-4-6-13(17)7-5-12/h4-7,11H,2-3,8,10H2,1H3/t11-/m0/s1. The predicted octanol–water partition coefficient (Wildman–Crippen LogP) is 4.10. The topological polar surface area (TPSA) is 53.1 Å². The third-order valence-electron chi connectivity index (χ3n) is 3.75. The van der Waals surface area contributed by atoms with Crippen molar-refractivity contribution >= 4 is 17.5 Å². The molecule has 1 aliphatic heterocycles. The number of aromatic nitrogens is 1. The summed E-state index contributed by atoms with van der Waals surface area (Å²) < 4.78 is 5.87. The molecule has 5 heteroatoms. The summed E-state index contributed by atoms with van der Waals surface area (Å²) in [6, 6.07) is 9.40. The number of hydrogen-bond donors (Lipinski definition) is 0. The molecular weight excluding hydrogens is 286 g/mol. The van der Waals surface area contributed by atoms with Gasteiger partial charge in [0, 0.05) is 23.7 Å². The molecule has 1 atom stereocenters. The molecule has 1 aliphatic rings. The highest BCUT2D eigenvalue weighted by molar-refractivity contribution is 6.30. The molecule has 1 aromatic carbocycles. The van der Waals surface area contributed by atoms with E-state index in [1.807, 2.05) is 12.1 Å². The van der Waals surface area contributed by atoms with Gasteiger partial charge in [0.2, 0.25) is 17.5 Å². The fourth-order valence-electron chi connectivity index (χ4n) is 2.69. The highest BCUT2D eigenvalue weighted by atomic mass is 35.5. The summed E-state index contributed by atoms with van der Waals surface area (Å²) in [5.41, 5.74) is 1.18. The first-order valence-corrected chi connectivity index (χ1v) is 7.47. The summed E-state index contributed by atoms with van der Waals surface area (Å²) in [6.07, 6.45) is 2.33. The predicted molar refractivity (Wildman–Crippen MR) is 82.3 cm³/mol. The first kappa shape index (κ1) is 14.0. The molecular formula is C16H16ClN3O. The molecule has 0 unspecified atom stereocenters. The van der Waals surface area contributed by atoms with E-state index in [9.17, 15) is 5.26 Å². The van der Waals surface area contributed by atoms with Gasteiger partial charge in [-0.2, -0.15) is 10.2 Å². The maximum atomic E-state index is 9.30. The molecule has 108 valence electrons. The van der Waals surface area contributed by atoms with Crippen molar-refractivity contribution in [2.24, 2.45) is 5.92 Å². The van der Waals surface area contributed by atoms with Crippen molar-refractivity contribution in [3.05, 3.63) is 35.0 Å². The second-order valence-corrected chi connectivity index (χ2v) is 5.92. The molecule has 0 radical (unpaired) electrons. The highest BCUT2D eigenvalue weighted by Gasteiger charge is 2.24. The van der Waals surface area contributed by atoms with Crippen LogP contribution in [0.4, 0.5) is 5.88 Å². The second-order valence-electron chi connectivity index (χ2n) is 5.48. The summed E-state index contributed by atoms with van der Waals surface area (Å²) in [5.74, 6) is 1.67. The fourth-order valence-corrected chi connectivity index (χ4v) is 2.82. The molecule has 0 amide bonds. The van der Waals surface area contributed by atoms with Gasteiger partial charge >= 0.3 is 0 Å². The van der Waals surface area contributed by atoms with E-state index in [1.165, 1.54) is 6.42 Å². The maximum absolute atomic E-state index is 9.30. The Bertz CT molecular complexity index is 672. The molecule has 3 rings (SSSR count). The van der Waals surface area contributed by atoms with E-state index in [0.717, 1.165) is 25.1 Å². The number of anilines is 1. The SMILES string of the molecule is C[C@H]1CCCN(c2oc(-c3ccc(Cl)cc3)nc2C#N)C1. The average molecular weight is 302 g/mol. The fraction of sp³-hybridized carbons (Fsp3) is 0.375. The average Bonchev–Trinajstić information content (AvgIpc) is 2.92. The minimum absolute atomic E-state index is 0.356. The Kier molecular flexibility index (Phi) is 3.85. The highest BCUT2D eigenvalue weighted by Crippen LogP contribution is 2.31. The second kappa shape index (κ2) is 5.79. The zero-order valence-corrected chi connectivity index (χ0v) is 12.6. The monoisotopic (exact) mass is 301 g/mol. The molecule has 1 saturated heterocycles. The first-order valence-electron chi connectivity index (χ1n) is 7.09. The molecule has 0 N–H and O–H groups in total. The molecule has 0 aliphatic carbocycles. The van der Waals surface area contributed by atoms with E-state index in [1.54, 1.807) is 12.1 Å². The molecule has 2 heterocycles. The lowest BCUT2D eigenvalue weighted by Gasteiger charge is -2.30. The number of piperidine rings is 1. The van der Waals surface area contributed by atoms with Crippen LogP contribution in [0.25, 0.3) is 11.5 Å². The van der Waals surface area contributed by atoms with Gasteiger partial charge in [0.05, 0.1) is 0 Å². The normalized spacial score (nSPS) is 18.5. The molecule has 0 saturated carbocycles. The maximum Gasteiger partial charge on any atom is 0.235 e. The Morgan fingerprint density at radius 1 is 1.38 bits per heavy atom. The summed E-state index contributed by atoms with van der Waals surface area (Å²) in [6.45, 7) is 4.03. The van der Waals surface area contributed by atoms with Gasteiger partial charge in [0.1, 0.15) is 6.07 Å². The minimum atomic E-state index is 0.356. The van der Waals surface area contributed by atoms with Gasteiger partial charge in [-0.1, -0.05) is 18.5 Å². The summed E-state index contributed by atoms with van der Waals surface area (Å²) in [4.78, 5) is 6.44. The zero-order valence-electron chi connectivity index (χ0n) is 11.8. The number of halogens is 1. The van der Waals surface area contributed by atoms with Gasteiger partial charge in [-0.15, -0.1) is 0 Å². The molecule has 1 fully saturated rings. The lowest BCUT2D eigenvalue weighted by molar-refractivity contribution is 0.422. The van der Waals surface area contributed by atoms with Gasteiger partial charge in [-0.3, -0.25) is 0 Å². The van der Waals surface area contributed by atoms with E-state index < -0.39 is 0 Å². The van der Waals surface area contributed by atoms with Gasteiger partial charge in [0.25, 0.3) is 0 Å². The number of nitriles is 1. The van der Waals surface area contributed by atoms with Crippen molar-refractivity contribution in [1.29, 1.82) is 5.26 Å². The lowest BCUT2D eigenvalue weighted by atomic mass is 10.0. The number of hydrogen-bond acceptors (Lipinski definition) is 4. The van der Waals surface area contributed by atoms with Crippen molar-refractivity contribution in [2.45, 2.75) is 19.8 Å². The van der Waals surface area contributed by atoms with Crippen LogP contribution < -0.4 is 4.90 Å². The van der Waals surface area contributed by atoms with Gasteiger partial charge in [-0.25, -0.2) is 0 Å². The Labute approximate surface area is 129 Å². The van der Waals surface area contributed by atoms with Crippen LogP contribution in [0.5, 0.6) is 0 Å². The van der Waals surface area contributed by atoms with Crippen LogP contribution in [0.15, 0.2) is 28.7 Å². The van der Waals surface area contributed by atoms with Crippen molar-refractivity contribution in [3.63, 3.8) is 0 Å². The third-order valence-corrected chi connectivity index (χ3v) is 4.00. The van der Waals surface area contributed by atoms with E-state index in [0.29, 0.717) is 28.4 Å². The Morgan fingerprint density at radius 3 is 2.81 bits per heavy atom. The smallest absolute Gasteiger partial charge is 0.235 e. The quantitative estimate of drug-likeness (QED) is 0.838. The van der Waals surface area contributed by atoms with Crippen molar-refractivity contribution < 1.29 is 4.42 Å². The van der Waals surface area contributed by atoms with Crippen LogP contribution in [0.1, 0.15) is 25.5 Å². The largest absolute Gasteiger partial charge is 0.419 e.